The molecule has 0 aliphatic heterocycles. The lowest BCUT2D eigenvalue weighted by Crippen LogP contribution is -2.05. The Balaban J connectivity index is 0.000000172. The number of aromatic amines is 2. The van der Waals surface area contributed by atoms with Crippen molar-refractivity contribution in [2.75, 3.05) is 10.6 Å². The molecule has 6 nitrogen and oxygen atoms in total. The first-order chi connectivity index (χ1) is 26.7. The van der Waals surface area contributed by atoms with Crippen LogP contribution in [0.4, 0.5) is 58.1 Å². The van der Waals surface area contributed by atoms with Gasteiger partial charge < -0.3 is 10.6 Å². The van der Waals surface area contributed by atoms with Crippen molar-refractivity contribution in [2.24, 2.45) is 0 Å². The Morgan fingerprint density at radius 2 is 0.929 bits per heavy atom. The molecule has 56 heavy (non-hydrogen) atoms. The Hall–Kier alpha value is -6.12. The number of nitrogens with zero attached hydrogens (tertiary/aromatic N) is 2. The third kappa shape index (κ3) is 7.84. The molecule has 0 aliphatic carbocycles. The summed E-state index contributed by atoms with van der Waals surface area (Å²) in [7, 11) is 0. The van der Waals surface area contributed by atoms with Gasteiger partial charge in [0.25, 0.3) is 0 Å². The average Bonchev–Trinajstić information content (AvgIpc) is 3.78. The highest BCUT2D eigenvalue weighted by molar-refractivity contribution is 6.35. The molecule has 284 valence electrons. The average molecular weight is 812 g/mol. The second-order valence-corrected chi connectivity index (χ2v) is 13.0. The van der Waals surface area contributed by atoms with Crippen LogP contribution < -0.4 is 10.6 Å². The van der Waals surface area contributed by atoms with Crippen LogP contribution in [0.15, 0.2) is 121 Å². The number of H-pyrrole nitrogens is 2. The molecule has 2 aromatic heterocycles. The van der Waals surface area contributed by atoms with Crippen LogP contribution in [0, 0.1) is 11.6 Å². The van der Waals surface area contributed by atoms with Gasteiger partial charge in [0.1, 0.15) is 11.0 Å². The van der Waals surface area contributed by atoms with E-state index in [1.54, 1.807) is 48.5 Å². The van der Waals surface area contributed by atoms with Crippen molar-refractivity contribution in [1.29, 1.82) is 0 Å². The minimum atomic E-state index is -4.47. The quantitative estimate of drug-likeness (QED) is 0.126. The molecule has 0 radical (unpaired) electrons. The van der Waals surface area contributed by atoms with Crippen LogP contribution in [-0.4, -0.2) is 20.4 Å². The first-order valence-electron chi connectivity index (χ1n) is 16.4. The predicted octanol–water partition coefficient (Wildman–Crippen LogP) is 13.6. The van der Waals surface area contributed by atoms with Gasteiger partial charge in [0, 0.05) is 33.3 Å². The van der Waals surface area contributed by atoms with Crippen LogP contribution in [0.2, 0.25) is 10.0 Å². The summed E-state index contributed by atoms with van der Waals surface area (Å²) in [6.07, 6.45) is -8.88. The van der Waals surface area contributed by atoms with Crippen molar-refractivity contribution in [1.82, 2.24) is 20.4 Å². The van der Waals surface area contributed by atoms with E-state index < -0.39 is 35.1 Å². The second kappa shape index (κ2) is 15.2. The molecule has 2 heterocycles. The standard InChI is InChI=1S/2C20H12ClF4N3/c21-16-14(11-5-2-1-3-6-11)10-15-18(17(16)22)27-28-19(15)26-13-8-4-7-12(9-13)20(23,24)25;21-16-14(11-4-2-1-3-5-11)10-15-18(17(16)22)27-28-19(15)26-13-8-6-12(7-9-13)20(23,24)25/h2*1-10H,(H2,26,27,28). The highest BCUT2D eigenvalue weighted by Gasteiger charge is 2.31. The number of fused-ring (bicyclic) bond motifs is 2. The summed E-state index contributed by atoms with van der Waals surface area (Å²) in [5.74, 6) is -0.849. The molecular formula is C40H24Cl2F8N6. The topological polar surface area (TPSA) is 81.4 Å². The van der Waals surface area contributed by atoms with Crippen LogP contribution >= 0.6 is 23.2 Å². The molecule has 6 aromatic carbocycles. The fourth-order valence-electron chi connectivity index (χ4n) is 5.82. The summed E-state index contributed by atoms with van der Waals surface area (Å²) < 4.78 is 106. The van der Waals surface area contributed by atoms with E-state index in [2.05, 4.69) is 31.0 Å². The molecule has 0 unspecified atom stereocenters. The van der Waals surface area contributed by atoms with Crippen molar-refractivity contribution < 1.29 is 35.1 Å². The summed E-state index contributed by atoms with van der Waals surface area (Å²) in [6, 6.07) is 30.6. The molecule has 0 spiro atoms. The molecule has 0 saturated heterocycles. The Morgan fingerprint density at radius 1 is 0.482 bits per heavy atom. The van der Waals surface area contributed by atoms with E-state index in [4.69, 9.17) is 23.2 Å². The Morgan fingerprint density at radius 3 is 1.38 bits per heavy atom. The molecule has 4 N–H and O–H groups in total. The number of anilines is 4. The van der Waals surface area contributed by atoms with E-state index in [1.165, 1.54) is 24.3 Å². The molecular weight excluding hydrogens is 787 g/mol. The smallest absolute Gasteiger partial charge is 0.338 e. The molecule has 0 bridgehead atoms. The number of halogens is 10. The van der Waals surface area contributed by atoms with Crippen molar-refractivity contribution in [2.45, 2.75) is 12.4 Å². The molecule has 8 aromatic rings. The normalized spacial score (nSPS) is 11.8. The largest absolute Gasteiger partial charge is 0.416 e. The van der Waals surface area contributed by atoms with Gasteiger partial charge in [0.05, 0.1) is 21.2 Å². The summed E-state index contributed by atoms with van der Waals surface area (Å²) in [6.45, 7) is 0. The van der Waals surface area contributed by atoms with Gasteiger partial charge in [-0.15, -0.1) is 0 Å². The van der Waals surface area contributed by atoms with Gasteiger partial charge in [-0.1, -0.05) is 89.9 Å². The van der Waals surface area contributed by atoms with Gasteiger partial charge in [-0.2, -0.15) is 36.5 Å². The first-order valence-corrected chi connectivity index (χ1v) is 17.2. The van der Waals surface area contributed by atoms with E-state index in [0.29, 0.717) is 33.2 Å². The zero-order valence-corrected chi connectivity index (χ0v) is 29.7. The molecule has 0 fully saturated rings. The van der Waals surface area contributed by atoms with Gasteiger partial charge in [-0.25, -0.2) is 8.78 Å². The first kappa shape index (κ1) is 38.2. The van der Waals surface area contributed by atoms with Crippen LogP contribution in [0.3, 0.4) is 0 Å². The van der Waals surface area contributed by atoms with Crippen molar-refractivity contribution >= 4 is 68.0 Å². The Bertz CT molecular complexity index is 2660. The number of aromatic nitrogens is 4. The lowest BCUT2D eigenvalue weighted by atomic mass is 10.0. The SMILES string of the molecule is Fc1c(Cl)c(-c2ccccc2)cc2c(Nc3ccc(C(F)(F)F)cc3)n[nH]c12.Fc1c(Cl)c(-c2ccccc2)cc2c(Nc3cccc(C(F)(F)F)c3)n[nH]c12. The highest BCUT2D eigenvalue weighted by atomic mass is 35.5. The highest BCUT2D eigenvalue weighted by Crippen LogP contribution is 2.40. The van der Waals surface area contributed by atoms with Crippen LogP contribution in [0.1, 0.15) is 11.1 Å². The maximum absolute atomic E-state index is 14.7. The zero-order valence-electron chi connectivity index (χ0n) is 28.2. The van der Waals surface area contributed by atoms with Gasteiger partial charge >= 0.3 is 12.4 Å². The molecule has 16 heteroatoms. The molecule has 8 rings (SSSR count). The summed E-state index contributed by atoms with van der Waals surface area (Å²) >= 11 is 12.4. The predicted molar refractivity (Wildman–Crippen MR) is 202 cm³/mol. The fraction of sp³-hybridized carbons (Fsp3) is 0.0500. The van der Waals surface area contributed by atoms with Crippen molar-refractivity contribution in [3.05, 3.63) is 154 Å². The number of hydrogen-bond donors (Lipinski definition) is 4. The molecule has 0 aliphatic rings. The minimum absolute atomic E-state index is 0.0385. The number of hydrogen-bond acceptors (Lipinski definition) is 4. The van der Waals surface area contributed by atoms with Gasteiger partial charge in [0.15, 0.2) is 23.3 Å². The fourth-order valence-corrected chi connectivity index (χ4v) is 6.34. The van der Waals surface area contributed by atoms with Crippen molar-refractivity contribution in [3.63, 3.8) is 0 Å². The maximum atomic E-state index is 14.7. The van der Waals surface area contributed by atoms with Crippen LogP contribution in [-0.2, 0) is 12.4 Å². The van der Waals surface area contributed by atoms with Gasteiger partial charge in [-0.3, -0.25) is 10.2 Å². The van der Waals surface area contributed by atoms with E-state index in [1.807, 2.05) is 24.3 Å². The lowest BCUT2D eigenvalue weighted by Gasteiger charge is -2.10. The molecule has 0 amide bonds. The van der Waals surface area contributed by atoms with E-state index in [0.717, 1.165) is 29.8 Å². The molecule has 0 atom stereocenters. The summed E-state index contributed by atoms with van der Waals surface area (Å²) in [4.78, 5) is 0. The van der Waals surface area contributed by atoms with E-state index in [-0.39, 0.29) is 38.4 Å². The third-order valence-electron chi connectivity index (χ3n) is 8.58. The van der Waals surface area contributed by atoms with E-state index >= 15 is 0 Å². The van der Waals surface area contributed by atoms with Crippen LogP contribution in [0.5, 0.6) is 0 Å². The zero-order chi connectivity index (χ0) is 39.8. The van der Waals surface area contributed by atoms with Gasteiger partial charge in [0.2, 0.25) is 0 Å². The second-order valence-electron chi connectivity index (χ2n) is 12.2. The Kier molecular flexibility index (Phi) is 10.4. The number of nitrogens with one attached hydrogen (secondary N) is 4. The number of rotatable bonds is 6. The number of alkyl halides is 6. The number of benzene rings is 6. The van der Waals surface area contributed by atoms with Crippen LogP contribution in [0.25, 0.3) is 44.1 Å². The summed E-state index contributed by atoms with van der Waals surface area (Å²) in [5.41, 5.74) is 1.58. The summed E-state index contributed by atoms with van der Waals surface area (Å²) in [5, 5.41) is 19.6. The minimum Gasteiger partial charge on any atom is -0.338 e. The maximum Gasteiger partial charge on any atom is 0.416 e. The third-order valence-corrected chi connectivity index (χ3v) is 9.32. The van der Waals surface area contributed by atoms with Gasteiger partial charge in [-0.05, 0) is 65.7 Å². The van der Waals surface area contributed by atoms with Crippen molar-refractivity contribution in [3.8, 4) is 22.3 Å². The molecule has 0 saturated carbocycles. The lowest BCUT2D eigenvalue weighted by molar-refractivity contribution is -0.138. The Labute approximate surface area is 322 Å². The monoisotopic (exact) mass is 810 g/mol. The van der Waals surface area contributed by atoms with E-state index in [9.17, 15) is 35.1 Å².